The van der Waals surface area contributed by atoms with Gasteiger partial charge in [-0.1, -0.05) is 37.6 Å². The van der Waals surface area contributed by atoms with Crippen molar-refractivity contribution in [3.05, 3.63) is 82.4 Å². The third kappa shape index (κ3) is 6.88. The van der Waals surface area contributed by atoms with Crippen molar-refractivity contribution < 1.29 is 48.6 Å². The van der Waals surface area contributed by atoms with Gasteiger partial charge in [0.15, 0.2) is 0 Å². The van der Waals surface area contributed by atoms with Crippen molar-refractivity contribution in [2.45, 2.75) is 96.7 Å². The van der Waals surface area contributed by atoms with Gasteiger partial charge in [-0.2, -0.15) is 0 Å². The van der Waals surface area contributed by atoms with E-state index in [1.807, 2.05) is 19.1 Å². The molecule has 0 radical (unpaired) electrons. The zero-order valence-corrected chi connectivity index (χ0v) is 28.3. The van der Waals surface area contributed by atoms with E-state index >= 15 is 0 Å². The second kappa shape index (κ2) is 13.0. The van der Waals surface area contributed by atoms with E-state index in [-0.39, 0.29) is 52.9 Å². The number of piperidine rings is 1. The number of aliphatic carboxylic acids is 1. The van der Waals surface area contributed by atoms with E-state index in [0.717, 1.165) is 78.9 Å². The van der Waals surface area contributed by atoms with E-state index in [9.17, 15) is 14.3 Å². The van der Waals surface area contributed by atoms with Gasteiger partial charge in [0.05, 0.1) is 6.20 Å². The third-order valence-electron chi connectivity index (χ3n) is 9.94. The predicted molar refractivity (Wildman–Crippen MR) is 160 cm³/mol. The molecular formula is C36H42FN2NaO3. The maximum Gasteiger partial charge on any atom is 1.00 e. The normalized spacial score (nSPS) is 21.2. The fraction of sp³-hybridized carbons (Fsp3) is 0.500. The van der Waals surface area contributed by atoms with Crippen LogP contribution in [-0.4, -0.2) is 27.9 Å². The quantitative estimate of drug-likeness (QED) is 0.372. The van der Waals surface area contributed by atoms with Crippen molar-refractivity contribution in [1.82, 2.24) is 9.88 Å². The maximum absolute atomic E-state index is 14.9. The fourth-order valence-corrected chi connectivity index (χ4v) is 7.19. The Labute approximate surface area is 277 Å². The largest absolute Gasteiger partial charge is 1.00 e. The summed E-state index contributed by atoms with van der Waals surface area (Å²) in [6, 6.07) is 14.4. The summed E-state index contributed by atoms with van der Waals surface area (Å²) in [7, 11) is 0. The molecule has 1 aromatic heterocycles. The summed E-state index contributed by atoms with van der Waals surface area (Å²) < 4.78 is 21.7. The molecule has 6 rings (SSSR count). The first-order chi connectivity index (χ1) is 20.1. The molecule has 2 aromatic carbocycles. The number of nitrogens with zero attached hydrogens (tertiary/aromatic N) is 2. The van der Waals surface area contributed by atoms with Crippen molar-refractivity contribution in [1.29, 1.82) is 0 Å². The minimum Gasteiger partial charge on any atom is -0.550 e. The van der Waals surface area contributed by atoms with Crippen LogP contribution in [0, 0.1) is 24.6 Å². The van der Waals surface area contributed by atoms with Crippen molar-refractivity contribution in [3.63, 3.8) is 0 Å². The minimum atomic E-state index is -0.991. The van der Waals surface area contributed by atoms with Crippen molar-refractivity contribution in [3.8, 4) is 16.9 Å². The average Bonchev–Trinajstić information content (AvgIpc) is 3.80. The van der Waals surface area contributed by atoms with Crippen LogP contribution in [0.2, 0.25) is 0 Å². The number of carbonyl (C=O) groups excluding carboxylic acids is 1. The van der Waals surface area contributed by atoms with Crippen LogP contribution in [0.5, 0.6) is 5.75 Å². The fourth-order valence-electron chi connectivity index (χ4n) is 7.19. The molecule has 3 aromatic rings. The molecule has 3 heterocycles. The first-order valence-corrected chi connectivity index (χ1v) is 15.6. The van der Waals surface area contributed by atoms with Gasteiger partial charge in [0.2, 0.25) is 0 Å². The minimum absolute atomic E-state index is 0. The summed E-state index contributed by atoms with van der Waals surface area (Å²) in [5.74, 6) is -0.666. The van der Waals surface area contributed by atoms with Gasteiger partial charge in [-0.15, -0.1) is 0 Å². The number of hydrogen-bond acceptors (Lipinski definition) is 5. The molecule has 5 nitrogen and oxygen atoms in total. The molecule has 3 atom stereocenters. The first kappa shape index (κ1) is 32.2. The Morgan fingerprint density at radius 1 is 1.14 bits per heavy atom. The second-order valence-electron chi connectivity index (χ2n) is 13.4. The SMILES string of the molecule is Cc1cc(-c2ccc(C3CCc4ccc([C@H](C5CC5)[C@H](C)C(=O)[O-])cc4O3)c(CN3CCCCC3(C)C)c2)c(F)cn1.[Na+]. The summed E-state index contributed by atoms with van der Waals surface area (Å²) in [6.45, 7) is 10.1. The number of benzene rings is 2. The summed E-state index contributed by atoms with van der Waals surface area (Å²) in [5.41, 5.74) is 6.81. The van der Waals surface area contributed by atoms with E-state index in [1.54, 1.807) is 6.92 Å². The molecule has 2 fully saturated rings. The van der Waals surface area contributed by atoms with E-state index in [1.165, 1.54) is 24.6 Å². The van der Waals surface area contributed by atoms with Crippen LogP contribution in [0.15, 0.2) is 48.7 Å². The smallest absolute Gasteiger partial charge is 0.550 e. The van der Waals surface area contributed by atoms with E-state index < -0.39 is 11.9 Å². The van der Waals surface area contributed by atoms with Crippen LogP contribution in [0.3, 0.4) is 0 Å². The van der Waals surface area contributed by atoms with Crippen LogP contribution in [0.4, 0.5) is 4.39 Å². The number of pyridine rings is 1. The maximum atomic E-state index is 14.9. The van der Waals surface area contributed by atoms with Gasteiger partial charge in [0.1, 0.15) is 17.7 Å². The Hall–Kier alpha value is -2.25. The van der Waals surface area contributed by atoms with Crippen LogP contribution < -0.4 is 39.4 Å². The average molecular weight is 593 g/mol. The number of hydrogen-bond donors (Lipinski definition) is 0. The van der Waals surface area contributed by atoms with Crippen LogP contribution in [0.1, 0.15) is 99.3 Å². The molecule has 7 heteroatoms. The molecule has 0 amide bonds. The van der Waals surface area contributed by atoms with Crippen molar-refractivity contribution in [2.24, 2.45) is 11.8 Å². The Morgan fingerprint density at radius 2 is 1.93 bits per heavy atom. The van der Waals surface area contributed by atoms with Crippen LogP contribution in [-0.2, 0) is 17.8 Å². The number of aryl methyl sites for hydroxylation is 2. The molecule has 1 saturated carbocycles. The zero-order valence-electron chi connectivity index (χ0n) is 26.3. The van der Waals surface area contributed by atoms with Crippen LogP contribution in [0.25, 0.3) is 11.1 Å². The number of fused-ring (bicyclic) bond motifs is 1. The predicted octanol–water partition coefficient (Wildman–Crippen LogP) is 3.91. The molecule has 3 aliphatic rings. The Kier molecular flexibility index (Phi) is 9.72. The number of carbonyl (C=O) groups is 1. The van der Waals surface area contributed by atoms with Crippen LogP contribution >= 0.6 is 0 Å². The molecule has 0 bridgehead atoms. The Morgan fingerprint density at radius 3 is 2.65 bits per heavy atom. The molecule has 1 aliphatic carbocycles. The summed E-state index contributed by atoms with van der Waals surface area (Å²) in [6.07, 6.45) is 8.60. The van der Waals surface area contributed by atoms with Gasteiger partial charge in [0, 0.05) is 35.2 Å². The topological polar surface area (TPSA) is 65.5 Å². The van der Waals surface area contributed by atoms with Crippen molar-refractivity contribution >= 4 is 5.97 Å². The standard InChI is InChI=1S/C36H43FN2O3.Na/c1-22-17-30(31(37)20-38-22)26-11-13-29(28(18-26)21-39-16-6-5-15-36(39,3)4)32-14-12-24-7-10-27(19-33(24)42-32)34(25-8-9-25)23(2)35(40)41;/h7,10-11,13,17-20,23,25,32,34H,5-6,8-9,12,14-16,21H2,1-4H3,(H,40,41);/q;+1/p-1/t23-,32?,34-;/m0./s1. The molecule has 2 aliphatic heterocycles. The molecular weight excluding hydrogens is 550 g/mol. The van der Waals surface area contributed by atoms with E-state index in [4.69, 9.17) is 4.74 Å². The van der Waals surface area contributed by atoms with Gasteiger partial charge >= 0.3 is 29.6 Å². The number of rotatable bonds is 8. The molecule has 43 heavy (non-hydrogen) atoms. The summed E-state index contributed by atoms with van der Waals surface area (Å²) in [5, 5.41) is 11.8. The number of carboxylic acid groups (broad SMARTS) is 1. The Balaban J connectivity index is 0.00000368. The molecule has 1 unspecified atom stereocenters. The molecule has 0 N–H and O–H groups in total. The van der Waals surface area contributed by atoms with Gasteiger partial charge in [-0.05, 0) is 124 Å². The number of likely N-dealkylation sites (tertiary alicyclic amines) is 1. The van der Waals surface area contributed by atoms with Gasteiger partial charge in [-0.3, -0.25) is 9.88 Å². The van der Waals surface area contributed by atoms with Gasteiger partial charge in [0.25, 0.3) is 0 Å². The van der Waals surface area contributed by atoms with Gasteiger partial charge in [-0.25, -0.2) is 4.39 Å². The number of aromatic nitrogens is 1. The first-order valence-electron chi connectivity index (χ1n) is 15.6. The van der Waals surface area contributed by atoms with Gasteiger partial charge < -0.3 is 14.6 Å². The number of carboxylic acids is 1. The van der Waals surface area contributed by atoms with Crippen molar-refractivity contribution in [2.75, 3.05) is 6.54 Å². The molecule has 1 saturated heterocycles. The number of ether oxygens (including phenoxy) is 1. The van der Waals surface area contributed by atoms with E-state index in [2.05, 4.69) is 54.1 Å². The van der Waals surface area contributed by atoms with E-state index in [0.29, 0.717) is 11.5 Å². The summed E-state index contributed by atoms with van der Waals surface area (Å²) in [4.78, 5) is 18.5. The number of halogens is 1. The third-order valence-corrected chi connectivity index (χ3v) is 9.94. The molecule has 222 valence electrons. The Bertz CT molecular complexity index is 1490. The zero-order chi connectivity index (χ0) is 29.6. The second-order valence-corrected chi connectivity index (χ2v) is 13.4. The molecule has 0 spiro atoms. The summed E-state index contributed by atoms with van der Waals surface area (Å²) >= 11 is 0. The monoisotopic (exact) mass is 592 g/mol.